The lowest BCUT2D eigenvalue weighted by molar-refractivity contribution is 0.0951. The van der Waals surface area contributed by atoms with Gasteiger partial charge >= 0.3 is 0 Å². The number of halogens is 1. The number of rotatable bonds is 7. The third-order valence-corrected chi connectivity index (χ3v) is 6.63. The fourth-order valence-corrected chi connectivity index (χ4v) is 4.47. The minimum absolute atomic E-state index is 0.272. The quantitative estimate of drug-likeness (QED) is 0.764. The van der Waals surface area contributed by atoms with Crippen LogP contribution in [0.1, 0.15) is 22.3 Å². The topological polar surface area (TPSA) is 75.7 Å². The van der Waals surface area contributed by atoms with Crippen molar-refractivity contribution in [1.82, 2.24) is 9.62 Å². The van der Waals surface area contributed by atoms with Crippen LogP contribution in [0.3, 0.4) is 0 Å². The number of hydrogen-bond donors (Lipinski definition) is 1. The van der Waals surface area contributed by atoms with Crippen LogP contribution in [0.4, 0.5) is 0 Å². The van der Waals surface area contributed by atoms with Crippen molar-refractivity contribution in [2.75, 3.05) is 26.7 Å². The average molecular weight is 409 g/mol. The minimum atomic E-state index is -3.36. The number of carbonyl (C=O) groups excluding carboxylic acids is 1. The Balaban J connectivity index is 1.58. The van der Waals surface area contributed by atoms with Crippen molar-refractivity contribution in [1.29, 1.82) is 0 Å². The van der Waals surface area contributed by atoms with Crippen LogP contribution in [0.5, 0.6) is 5.75 Å². The minimum Gasteiger partial charge on any atom is -0.496 e. The molecule has 0 saturated carbocycles. The predicted molar refractivity (Wildman–Crippen MR) is 104 cm³/mol. The largest absolute Gasteiger partial charge is 0.496 e. The second-order valence-electron chi connectivity index (χ2n) is 6.25. The van der Waals surface area contributed by atoms with Gasteiger partial charge in [-0.05, 0) is 48.7 Å². The zero-order chi connectivity index (χ0) is 19.4. The highest BCUT2D eigenvalue weighted by Crippen LogP contribution is 2.23. The molecule has 1 heterocycles. The van der Waals surface area contributed by atoms with E-state index in [1.165, 1.54) is 11.4 Å². The molecule has 2 aromatic rings. The van der Waals surface area contributed by atoms with Crippen molar-refractivity contribution in [2.24, 2.45) is 0 Å². The first kappa shape index (κ1) is 19.7. The Morgan fingerprint density at radius 3 is 2.48 bits per heavy atom. The van der Waals surface area contributed by atoms with Gasteiger partial charge in [-0.2, -0.15) is 4.31 Å². The first-order valence-corrected chi connectivity index (χ1v) is 10.4. The molecule has 0 spiro atoms. The number of amides is 1. The number of hydrogen-bond acceptors (Lipinski definition) is 4. The van der Waals surface area contributed by atoms with Crippen LogP contribution in [-0.4, -0.2) is 45.4 Å². The Bertz CT molecular complexity index is 925. The number of sulfonamides is 1. The smallest absolute Gasteiger partial charge is 0.255 e. The van der Waals surface area contributed by atoms with Crippen LogP contribution in [0.25, 0.3) is 0 Å². The van der Waals surface area contributed by atoms with Gasteiger partial charge in [0.1, 0.15) is 5.75 Å². The fraction of sp³-hybridized carbons (Fsp3) is 0.316. The van der Waals surface area contributed by atoms with Crippen LogP contribution < -0.4 is 10.1 Å². The summed E-state index contributed by atoms with van der Waals surface area (Å²) in [4.78, 5) is 12.6. The molecule has 0 aliphatic carbocycles. The van der Waals surface area contributed by atoms with Gasteiger partial charge in [-0.25, -0.2) is 8.42 Å². The Kier molecular flexibility index (Phi) is 6.04. The molecule has 1 N–H and O–H groups in total. The molecule has 1 saturated heterocycles. The molecular formula is C19H21ClN2O4S. The molecule has 0 atom stereocenters. The second-order valence-corrected chi connectivity index (χ2v) is 8.63. The molecule has 1 aliphatic rings. The Hall–Kier alpha value is -2.09. The van der Waals surface area contributed by atoms with Crippen LogP contribution >= 0.6 is 11.6 Å². The van der Waals surface area contributed by atoms with E-state index >= 15 is 0 Å². The zero-order valence-corrected chi connectivity index (χ0v) is 16.5. The summed E-state index contributed by atoms with van der Waals surface area (Å²) in [6.07, 6.45) is 1.49. The van der Waals surface area contributed by atoms with Gasteiger partial charge in [0.25, 0.3) is 5.91 Å². The van der Waals surface area contributed by atoms with Gasteiger partial charge in [0.2, 0.25) is 10.0 Å². The molecule has 1 fully saturated rings. The summed E-state index contributed by atoms with van der Waals surface area (Å²) in [5.41, 5.74) is 1.32. The van der Waals surface area contributed by atoms with Crippen LogP contribution in [0.2, 0.25) is 5.02 Å². The predicted octanol–water partition coefficient (Wildman–Crippen LogP) is 2.72. The molecule has 0 radical (unpaired) electrons. The molecule has 0 bridgehead atoms. The van der Waals surface area contributed by atoms with Gasteiger partial charge in [-0.15, -0.1) is 0 Å². The van der Waals surface area contributed by atoms with Gasteiger partial charge in [-0.3, -0.25) is 4.79 Å². The maximum atomic E-state index is 12.3. The lowest BCUT2D eigenvalue weighted by Crippen LogP contribution is -2.41. The van der Waals surface area contributed by atoms with E-state index in [1.807, 2.05) is 0 Å². The van der Waals surface area contributed by atoms with E-state index in [9.17, 15) is 13.2 Å². The third kappa shape index (κ3) is 4.43. The van der Waals surface area contributed by atoms with E-state index in [0.717, 1.165) is 12.0 Å². The normalized spacial score (nSPS) is 14.4. The van der Waals surface area contributed by atoms with Gasteiger partial charge in [0, 0.05) is 24.7 Å². The number of benzene rings is 2. The van der Waals surface area contributed by atoms with Gasteiger partial charge in [-0.1, -0.05) is 23.7 Å². The van der Waals surface area contributed by atoms with Gasteiger partial charge < -0.3 is 10.1 Å². The van der Waals surface area contributed by atoms with Gasteiger partial charge in [0.05, 0.1) is 17.6 Å². The average Bonchev–Trinajstić information content (AvgIpc) is 2.60. The highest BCUT2D eigenvalue weighted by molar-refractivity contribution is 7.89. The molecule has 27 heavy (non-hydrogen) atoms. The van der Waals surface area contributed by atoms with Crippen molar-refractivity contribution in [3.05, 3.63) is 58.6 Å². The lowest BCUT2D eigenvalue weighted by Gasteiger charge is -2.29. The van der Waals surface area contributed by atoms with Crippen molar-refractivity contribution >= 4 is 27.5 Å². The summed E-state index contributed by atoms with van der Waals surface area (Å²) >= 11 is 5.95. The molecule has 0 aromatic heterocycles. The SMILES string of the molecule is COc1ccc(Cl)cc1C(=O)NCCc1ccc(S(=O)(=O)N2CCC2)cc1. The summed E-state index contributed by atoms with van der Waals surface area (Å²) in [6, 6.07) is 11.7. The third-order valence-electron chi connectivity index (χ3n) is 4.48. The first-order chi connectivity index (χ1) is 12.9. The lowest BCUT2D eigenvalue weighted by atomic mass is 10.1. The highest BCUT2D eigenvalue weighted by atomic mass is 35.5. The monoisotopic (exact) mass is 408 g/mol. The zero-order valence-electron chi connectivity index (χ0n) is 14.9. The van der Waals surface area contributed by atoms with Crippen molar-refractivity contribution < 1.29 is 17.9 Å². The first-order valence-electron chi connectivity index (χ1n) is 8.62. The summed E-state index contributed by atoms with van der Waals surface area (Å²) in [7, 11) is -1.87. The highest BCUT2D eigenvalue weighted by Gasteiger charge is 2.28. The van der Waals surface area contributed by atoms with E-state index in [2.05, 4.69) is 5.32 Å². The summed E-state index contributed by atoms with van der Waals surface area (Å²) in [5.74, 6) is 0.184. The summed E-state index contributed by atoms with van der Waals surface area (Å²) in [5, 5.41) is 3.28. The Labute approximate surface area is 164 Å². The molecule has 0 unspecified atom stereocenters. The number of nitrogens with zero attached hydrogens (tertiary/aromatic N) is 1. The molecule has 6 nitrogen and oxygen atoms in total. The van der Waals surface area contributed by atoms with Crippen molar-refractivity contribution in [2.45, 2.75) is 17.7 Å². The molecule has 3 rings (SSSR count). The number of carbonyl (C=O) groups is 1. The summed E-state index contributed by atoms with van der Waals surface area (Å²) < 4.78 is 31.3. The Morgan fingerprint density at radius 2 is 1.89 bits per heavy atom. The maximum absolute atomic E-state index is 12.3. The number of methoxy groups -OCH3 is 1. The summed E-state index contributed by atoms with van der Waals surface area (Å²) in [6.45, 7) is 1.58. The molecule has 1 aliphatic heterocycles. The van der Waals surface area contributed by atoms with E-state index in [1.54, 1.807) is 42.5 Å². The van der Waals surface area contributed by atoms with Crippen molar-refractivity contribution in [3.63, 3.8) is 0 Å². The van der Waals surface area contributed by atoms with Crippen LogP contribution in [0.15, 0.2) is 47.4 Å². The molecular weight excluding hydrogens is 388 g/mol. The van der Waals surface area contributed by atoms with E-state index in [4.69, 9.17) is 16.3 Å². The van der Waals surface area contributed by atoms with Crippen LogP contribution in [0, 0.1) is 0 Å². The van der Waals surface area contributed by atoms with Crippen LogP contribution in [-0.2, 0) is 16.4 Å². The van der Waals surface area contributed by atoms with Gasteiger partial charge in [0.15, 0.2) is 0 Å². The van der Waals surface area contributed by atoms with E-state index in [-0.39, 0.29) is 5.91 Å². The standard InChI is InChI=1S/C19H21ClN2O4S/c1-26-18-8-5-15(20)13-17(18)19(23)21-10-9-14-3-6-16(7-4-14)27(24,25)22-11-2-12-22/h3-8,13H,2,9-12H2,1H3,(H,21,23). The number of nitrogens with one attached hydrogen (secondary N) is 1. The molecule has 1 amide bonds. The van der Waals surface area contributed by atoms with Crippen molar-refractivity contribution in [3.8, 4) is 5.75 Å². The fourth-order valence-electron chi connectivity index (χ4n) is 2.78. The van der Waals surface area contributed by atoms with E-state index in [0.29, 0.717) is 47.3 Å². The molecule has 2 aromatic carbocycles. The second kappa shape index (κ2) is 8.29. The number of ether oxygens (including phenoxy) is 1. The molecule has 144 valence electrons. The molecule has 8 heteroatoms. The maximum Gasteiger partial charge on any atom is 0.255 e. The Morgan fingerprint density at radius 1 is 1.19 bits per heavy atom. The van der Waals surface area contributed by atoms with E-state index < -0.39 is 10.0 Å².